The Balaban J connectivity index is 1.74. The molecule has 0 spiro atoms. The molecule has 5 nitrogen and oxygen atoms in total. The van der Waals surface area contributed by atoms with Crippen LogP contribution in [0.4, 0.5) is 0 Å². The maximum Gasteiger partial charge on any atom is 0.109 e. The maximum atomic E-state index is 10.6. The van der Waals surface area contributed by atoms with Crippen LogP contribution in [0, 0.1) is 0 Å². The van der Waals surface area contributed by atoms with Crippen LogP contribution >= 0.6 is 0 Å². The first-order valence-electron chi connectivity index (χ1n) is 8.70. The predicted molar refractivity (Wildman–Crippen MR) is 91.6 cm³/mol. The summed E-state index contributed by atoms with van der Waals surface area (Å²) in [5, 5.41) is 10.6. The highest BCUT2D eigenvalue weighted by Gasteiger charge is 2.18. The summed E-state index contributed by atoms with van der Waals surface area (Å²) < 4.78 is 7.57. The molecule has 1 fully saturated rings. The molecular formula is C18H27N3O2. The van der Waals surface area contributed by atoms with Gasteiger partial charge in [0.05, 0.1) is 36.9 Å². The van der Waals surface area contributed by atoms with Crippen molar-refractivity contribution in [1.82, 2.24) is 14.5 Å². The van der Waals surface area contributed by atoms with E-state index in [2.05, 4.69) is 28.5 Å². The number of benzene rings is 1. The van der Waals surface area contributed by atoms with Crippen molar-refractivity contribution in [3.05, 3.63) is 30.1 Å². The number of aliphatic hydroxyl groups is 1. The molecule has 2 aromatic rings. The van der Waals surface area contributed by atoms with Gasteiger partial charge in [-0.2, -0.15) is 0 Å². The van der Waals surface area contributed by atoms with Crippen LogP contribution in [-0.4, -0.2) is 58.5 Å². The van der Waals surface area contributed by atoms with Crippen molar-refractivity contribution in [3.8, 4) is 0 Å². The van der Waals surface area contributed by atoms with Crippen molar-refractivity contribution >= 4 is 11.0 Å². The predicted octanol–water partition coefficient (Wildman–Crippen LogP) is 2.07. The van der Waals surface area contributed by atoms with E-state index in [1.807, 2.05) is 12.1 Å². The first-order chi connectivity index (χ1) is 11.3. The van der Waals surface area contributed by atoms with Gasteiger partial charge in [0.25, 0.3) is 0 Å². The molecule has 1 aliphatic rings. The number of aryl methyl sites for hydroxylation is 1. The van der Waals surface area contributed by atoms with Crippen LogP contribution in [0.25, 0.3) is 11.0 Å². The average Bonchev–Trinajstić information content (AvgIpc) is 2.91. The van der Waals surface area contributed by atoms with Gasteiger partial charge in [0.1, 0.15) is 5.82 Å². The zero-order valence-electron chi connectivity index (χ0n) is 13.9. The van der Waals surface area contributed by atoms with Gasteiger partial charge in [-0.1, -0.05) is 25.5 Å². The molecule has 1 aliphatic heterocycles. The lowest BCUT2D eigenvalue weighted by molar-refractivity contribution is 0.0116. The molecule has 1 saturated heterocycles. The summed E-state index contributed by atoms with van der Waals surface area (Å²) in [6.45, 7) is 6.85. The van der Waals surface area contributed by atoms with Gasteiger partial charge in [-0.3, -0.25) is 4.90 Å². The zero-order chi connectivity index (χ0) is 16.1. The number of unbranched alkanes of at least 4 members (excludes halogenated alkanes) is 1. The van der Waals surface area contributed by atoms with E-state index in [-0.39, 0.29) is 6.10 Å². The van der Waals surface area contributed by atoms with E-state index in [1.165, 1.54) is 0 Å². The second-order valence-electron chi connectivity index (χ2n) is 6.30. The molecule has 126 valence electrons. The highest BCUT2D eigenvalue weighted by Crippen LogP contribution is 2.18. The highest BCUT2D eigenvalue weighted by molar-refractivity contribution is 5.75. The summed E-state index contributed by atoms with van der Waals surface area (Å²) in [6.07, 6.45) is 2.86. The Bertz CT molecular complexity index is 620. The largest absolute Gasteiger partial charge is 0.390 e. The Kier molecular flexibility index (Phi) is 5.65. The van der Waals surface area contributed by atoms with Crippen LogP contribution in [0.2, 0.25) is 0 Å². The molecule has 1 unspecified atom stereocenters. The number of β-amino-alcohol motifs (C(OH)–C–C–N with tert-alkyl or cyclic N) is 1. The lowest BCUT2D eigenvalue weighted by Gasteiger charge is -2.28. The number of aromatic nitrogens is 2. The molecular weight excluding hydrogens is 290 g/mol. The van der Waals surface area contributed by atoms with E-state index >= 15 is 0 Å². The Morgan fingerprint density at radius 1 is 1.22 bits per heavy atom. The number of morpholine rings is 1. The summed E-state index contributed by atoms with van der Waals surface area (Å²) in [5.41, 5.74) is 2.15. The molecule has 0 radical (unpaired) electrons. The topological polar surface area (TPSA) is 50.5 Å². The number of fused-ring (bicyclic) bond motifs is 1. The second kappa shape index (κ2) is 7.90. The van der Waals surface area contributed by atoms with Crippen molar-refractivity contribution in [3.63, 3.8) is 0 Å². The normalized spacial score (nSPS) is 17.7. The quantitative estimate of drug-likeness (QED) is 0.849. The third kappa shape index (κ3) is 4.10. The number of para-hydroxylation sites is 2. The van der Waals surface area contributed by atoms with E-state index in [1.54, 1.807) is 0 Å². The fourth-order valence-electron chi connectivity index (χ4n) is 3.21. The summed E-state index contributed by atoms with van der Waals surface area (Å²) >= 11 is 0. The molecule has 1 N–H and O–H groups in total. The highest BCUT2D eigenvalue weighted by atomic mass is 16.5. The minimum absolute atomic E-state index is 0.383. The van der Waals surface area contributed by atoms with Crippen LogP contribution < -0.4 is 0 Å². The maximum absolute atomic E-state index is 10.6. The number of imidazole rings is 1. The minimum Gasteiger partial charge on any atom is -0.390 e. The third-order valence-corrected chi connectivity index (χ3v) is 4.45. The fourth-order valence-corrected chi connectivity index (χ4v) is 3.21. The van der Waals surface area contributed by atoms with Crippen LogP contribution in [-0.2, 0) is 17.7 Å². The minimum atomic E-state index is -0.383. The van der Waals surface area contributed by atoms with Gasteiger partial charge < -0.3 is 14.4 Å². The van der Waals surface area contributed by atoms with Gasteiger partial charge >= 0.3 is 0 Å². The first-order valence-corrected chi connectivity index (χ1v) is 8.70. The van der Waals surface area contributed by atoms with Gasteiger partial charge in [0.15, 0.2) is 0 Å². The fraction of sp³-hybridized carbons (Fsp3) is 0.611. The molecule has 5 heteroatoms. The SMILES string of the molecule is CCCCc1nc2ccccc2n1CC(O)CN1CCOCC1. The summed E-state index contributed by atoms with van der Waals surface area (Å²) in [5.74, 6) is 1.09. The van der Waals surface area contributed by atoms with Crippen molar-refractivity contribution in [2.45, 2.75) is 38.8 Å². The smallest absolute Gasteiger partial charge is 0.109 e. The van der Waals surface area contributed by atoms with Crippen molar-refractivity contribution in [1.29, 1.82) is 0 Å². The first kappa shape index (κ1) is 16.4. The lowest BCUT2D eigenvalue weighted by atomic mass is 10.2. The summed E-state index contributed by atoms with van der Waals surface area (Å²) in [4.78, 5) is 7.05. The van der Waals surface area contributed by atoms with Crippen LogP contribution in [0.5, 0.6) is 0 Å². The third-order valence-electron chi connectivity index (χ3n) is 4.45. The molecule has 0 amide bonds. The average molecular weight is 317 g/mol. The molecule has 0 bridgehead atoms. The zero-order valence-corrected chi connectivity index (χ0v) is 13.9. The van der Waals surface area contributed by atoms with Crippen LogP contribution in [0.1, 0.15) is 25.6 Å². The van der Waals surface area contributed by atoms with E-state index in [4.69, 9.17) is 9.72 Å². The van der Waals surface area contributed by atoms with E-state index in [9.17, 15) is 5.11 Å². The van der Waals surface area contributed by atoms with Gasteiger partial charge in [-0.25, -0.2) is 4.98 Å². The van der Waals surface area contributed by atoms with Crippen molar-refractivity contribution < 1.29 is 9.84 Å². The van der Waals surface area contributed by atoms with E-state index in [0.717, 1.165) is 62.4 Å². The number of hydrogen-bond donors (Lipinski definition) is 1. The Labute approximate surface area is 137 Å². The van der Waals surface area contributed by atoms with Crippen LogP contribution in [0.3, 0.4) is 0 Å². The molecule has 23 heavy (non-hydrogen) atoms. The molecule has 0 saturated carbocycles. The number of nitrogens with zero attached hydrogens (tertiary/aromatic N) is 3. The Morgan fingerprint density at radius 2 is 2.00 bits per heavy atom. The Morgan fingerprint density at radius 3 is 2.78 bits per heavy atom. The molecule has 1 aromatic carbocycles. The summed E-state index contributed by atoms with van der Waals surface area (Å²) in [7, 11) is 0. The number of rotatable bonds is 7. The summed E-state index contributed by atoms with van der Waals surface area (Å²) in [6, 6.07) is 8.21. The Hall–Kier alpha value is -1.43. The second-order valence-corrected chi connectivity index (χ2v) is 6.30. The van der Waals surface area contributed by atoms with Gasteiger partial charge in [-0.05, 0) is 18.6 Å². The molecule has 1 aromatic heterocycles. The van der Waals surface area contributed by atoms with E-state index in [0.29, 0.717) is 13.1 Å². The molecule has 0 aliphatic carbocycles. The standard InChI is InChI=1S/C18H27N3O2/c1-2-3-8-18-19-16-6-4-5-7-17(16)21(18)14-15(22)13-20-9-11-23-12-10-20/h4-7,15,22H,2-3,8-14H2,1H3. The molecule has 2 heterocycles. The number of ether oxygens (including phenoxy) is 1. The lowest BCUT2D eigenvalue weighted by Crippen LogP contribution is -2.42. The van der Waals surface area contributed by atoms with Gasteiger partial charge in [0, 0.05) is 26.1 Å². The van der Waals surface area contributed by atoms with Gasteiger partial charge in [0.2, 0.25) is 0 Å². The van der Waals surface area contributed by atoms with Crippen LogP contribution in [0.15, 0.2) is 24.3 Å². The van der Waals surface area contributed by atoms with E-state index < -0.39 is 0 Å². The van der Waals surface area contributed by atoms with Crippen molar-refractivity contribution in [2.75, 3.05) is 32.8 Å². The van der Waals surface area contributed by atoms with Crippen molar-refractivity contribution in [2.24, 2.45) is 0 Å². The monoisotopic (exact) mass is 317 g/mol. The molecule has 3 rings (SSSR count). The molecule has 1 atom stereocenters. The van der Waals surface area contributed by atoms with Gasteiger partial charge in [-0.15, -0.1) is 0 Å². The number of hydrogen-bond acceptors (Lipinski definition) is 4. The number of aliphatic hydroxyl groups excluding tert-OH is 1.